The van der Waals surface area contributed by atoms with E-state index in [1.807, 2.05) is 12.1 Å². The number of amides is 3. The third kappa shape index (κ3) is 5.59. The van der Waals surface area contributed by atoms with Crippen LogP contribution in [0.1, 0.15) is 19.4 Å². The summed E-state index contributed by atoms with van der Waals surface area (Å²) in [5.41, 5.74) is 1.59. The van der Waals surface area contributed by atoms with Gasteiger partial charge in [0.05, 0.1) is 14.4 Å². The molecule has 0 heterocycles. The van der Waals surface area contributed by atoms with Gasteiger partial charge < -0.3 is 16.0 Å². The van der Waals surface area contributed by atoms with E-state index < -0.39 is 11.9 Å². The van der Waals surface area contributed by atoms with Crippen LogP contribution in [0.15, 0.2) is 24.3 Å². The van der Waals surface area contributed by atoms with Gasteiger partial charge in [-0.05, 0) is 18.1 Å². The number of benzene rings is 1. The summed E-state index contributed by atoms with van der Waals surface area (Å²) in [6.45, 7) is 3.45. The number of rotatable bonds is 8. The van der Waals surface area contributed by atoms with Gasteiger partial charge in [-0.2, -0.15) is 0 Å². The van der Waals surface area contributed by atoms with Crippen molar-refractivity contribution in [3.05, 3.63) is 29.8 Å². The van der Waals surface area contributed by atoms with E-state index in [-0.39, 0.29) is 18.4 Å². The van der Waals surface area contributed by atoms with Gasteiger partial charge in [-0.1, -0.05) is 37.9 Å². The summed E-state index contributed by atoms with van der Waals surface area (Å²) in [7, 11) is 5.49. The predicted octanol–water partition coefficient (Wildman–Crippen LogP) is 0.180. The molecule has 0 fully saturated rings. The second kappa shape index (κ2) is 8.87. The van der Waals surface area contributed by atoms with E-state index in [4.69, 9.17) is 7.85 Å². The van der Waals surface area contributed by atoms with Crippen molar-refractivity contribution in [1.29, 1.82) is 0 Å². The average Bonchev–Trinajstić information content (AvgIpc) is 2.50. The van der Waals surface area contributed by atoms with Crippen LogP contribution >= 0.6 is 0 Å². The molecule has 6 nitrogen and oxygen atoms in total. The quantitative estimate of drug-likeness (QED) is 0.473. The van der Waals surface area contributed by atoms with E-state index in [2.05, 4.69) is 16.0 Å². The third-order valence-electron chi connectivity index (χ3n) is 3.09. The van der Waals surface area contributed by atoms with Crippen LogP contribution in [0.5, 0.6) is 0 Å². The molecule has 3 N–H and O–H groups in total. The monoisotopic (exact) mass is 301 g/mol. The molecule has 0 aliphatic carbocycles. The average molecular weight is 301 g/mol. The summed E-state index contributed by atoms with van der Waals surface area (Å²) in [6.07, 6.45) is 0.911. The maximum atomic E-state index is 11.9. The van der Waals surface area contributed by atoms with Crippen LogP contribution < -0.4 is 16.0 Å². The maximum Gasteiger partial charge on any atom is 0.243 e. The number of anilines is 1. The van der Waals surface area contributed by atoms with Crippen LogP contribution in [0.2, 0.25) is 0 Å². The lowest BCUT2D eigenvalue weighted by Crippen LogP contribution is -2.48. The van der Waals surface area contributed by atoms with Gasteiger partial charge in [0, 0.05) is 5.69 Å². The second-order valence-corrected chi connectivity index (χ2v) is 5.17. The van der Waals surface area contributed by atoms with Crippen molar-refractivity contribution < 1.29 is 14.4 Å². The molecule has 22 heavy (non-hydrogen) atoms. The molecule has 2 radical (unpaired) electrons. The molecule has 0 spiro atoms. The van der Waals surface area contributed by atoms with Gasteiger partial charge in [-0.3, -0.25) is 14.4 Å². The Kier molecular flexibility index (Phi) is 7.15. The highest BCUT2D eigenvalue weighted by molar-refractivity contribution is 6.08. The first-order valence-corrected chi connectivity index (χ1v) is 7.04. The lowest BCUT2D eigenvalue weighted by atomic mass is 9.97. The van der Waals surface area contributed by atoms with Gasteiger partial charge in [0.1, 0.15) is 6.04 Å². The van der Waals surface area contributed by atoms with Crippen molar-refractivity contribution in [2.45, 2.75) is 26.2 Å². The number of hydrogen-bond acceptors (Lipinski definition) is 3. The van der Waals surface area contributed by atoms with Gasteiger partial charge in [-0.15, -0.1) is 0 Å². The van der Waals surface area contributed by atoms with Crippen molar-refractivity contribution in [2.24, 2.45) is 5.92 Å². The Morgan fingerprint density at radius 3 is 2.36 bits per heavy atom. The molecule has 3 amide bonds. The Morgan fingerprint density at radius 1 is 1.23 bits per heavy atom. The van der Waals surface area contributed by atoms with E-state index in [9.17, 15) is 14.4 Å². The van der Waals surface area contributed by atoms with Crippen molar-refractivity contribution in [3.8, 4) is 0 Å². The highest BCUT2D eigenvalue weighted by atomic mass is 16.2. The first kappa shape index (κ1) is 17.7. The second-order valence-electron chi connectivity index (χ2n) is 5.17. The standard InChI is InChI=1S/C15H20BN3O3/c1-10(2)14(18-9-20)15(22)17-8-13(21)19-12-5-3-11(7-16)4-6-12/h3-6,9-10,14H,7-8H2,1-2H3,(H,17,22)(H,18,20)(H,19,21). The Bertz CT molecular complexity index is 517. The molecule has 1 aromatic carbocycles. The first-order chi connectivity index (χ1) is 10.5. The minimum Gasteiger partial charge on any atom is -0.347 e. The SMILES string of the molecule is [B]Cc1ccc(NC(=O)CNC(=O)C(NC=O)C(C)C)cc1. The zero-order valence-corrected chi connectivity index (χ0v) is 12.8. The van der Waals surface area contributed by atoms with Crippen molar-refractivity contribution in [3.63, 3.8) is 0 Å². The fraction of sp³-hybridized carbons (Fsp3) is 0.400. The van der Waals surface area contributed by atoms with E-state index in [1.165, 1.54) is 0 Å². The van der Waals surface area contributed by atoms with Crippen LogP contribution in [0.25, 0.3) is 0 Å². The molecule has 116 valence electrons. The number of carbonyl (C=O) groups is 3. The normalized spacial score (nSPS) is 11.6. The Balaban J connectivity index is 2.47. The summed E-state index contributed by atoms with van der Waals surface area (Å²) in [5, 5.41) is 7.60. The number of nitrogens with one attached hydrogen (secondary N) is 3. The molecule has 0 saturated carbocycles. The zero-order chi connectivity index (χ0) is 16.5. The highest BCUT2D eigenvalue weighted by Gasteiger charge is 2.21. The van der Waals surface area contributed by atoms with Crippen molar-refractivity contribution in [2.75, 3.05) is 11.9 Å². The van der Waals surface area contributed by atoms with Crippen LogP contribution in [-0.2, 0) is 20.7 Å². The minimum absolute atomic E-state index is 0.0722. The van der Waals surface area contributed by atoms with E-state index in [1.54, 1.807) is 26.0 Å². The molecule has 1 unspecified atom stereocenters. The third-order valence-corrected chi connectivity index (χ3v) is 3.09. The summed E-state index contributed by atoms with van der Waals surface area (Å²) in [4.78, 5) is 34.1. The van der Waals surface area contributed by atoms with Crippen molar-refractivity contribution in [1.82, 2.24) is 10.6 Å². The molecule has 0 aromatic heterocycles. The maximum absolute atomic E-state index is 11.9. The molecular formula is C15H20BN3O3. The molecule has 0 saturated heterocycles. The summed E-state index contributed by atoms with van der Waals surface area (Å²) in [6, 6.07) is 6.46. The largest absolute Gasteiger partial charge is 0.347 e. The lowest BCUT2D eigenvalue weighted by Gasteiger charge is -2.19. The molecule has 0 bridgehead atoms. The molecular weight excluding hydrogens is 281 g/mol. The number of carbonyl (C=O) groups excluding carboxylic acids is 3. The van der Waals surface area contributed by atoms with Crippen LogP contribution in [0.4, 0.5) is 5.69 Å². The van der Waals surface area contributed by atoms with Crippen LogP contribution in [-0.4, -0.2) is 38.7 Å². The zero-order valence-electron chi connectivity index (χ0n) is 12.8. The fourth-order valence-electron chi connectivity index (χ4n) is 1.85. The van der Waals surface area contributed by atoms with Gasteiger partial charge in [-0.25, -0.2) is 0 Å². The minimum atomic E-state index is -0.658. The van der Waals surface area contributed by atoms with Gasteiger partial charge in [0.15, 0.2) is 0 Å². The Labute approximate surface area is 131 Å². The molecule has 1 aromatic rings. The highest BCUT2D eigenvalue weighted by Crippen LogP contribution is 2.09. The molecule has 1 rings (SSSR count). The van der Waals surface area contributed by atoms with Crippen LogP contribution in [0, 0.1) is 5.92 Å². The van der Waals surface area contributed by atoms with Gasteiger partial charge in [0.2, 0.25) is 18.2 Å². The van der Waals surface area contributed by atoms with E-state index >= 15 is 0 Å². The lowest BCUT2D eigenvalue weighted by molar-refractivity contribution is -0.128. The Hall–Kier alpha value is -2.31. The molecule has 7 heteroatoms. The van der Waals surface area contributed by atoms with E-state index in [0.717, 1.165) is 5.56 Å². The first-order valence-electron chi connectivity index (χ1n) is 7.04. The van der Waals surface area contributed by atoms with Crippen molar-refractivity contribution >= 4 is 31.8 Å². The Morgan fingerprint density at radius 2 is 1.86 bits per heavy atom. The topological polar surface area (TPSA) is 87.3 Å². The summed E-state index contributed by atoms with van der Waals surface area (Å²) < 4.78 is 0. The van der Waals surface area contributed by atoms with Gasteiger partial charge >= 0.3 is 0 Å². The molecule has 0 aliphatic rings. The smallest absolute Gasteiger partial charge is 0.243 e. The summed E-state index contributed by atoms with van der Waals surface area (Å²) in [5.74, 6) is -0.810. The fourth-order valence-corrected chi connectivity index (χ4v) is 1.85. The summed E-state index contributed by atoms with van der Waals surface area (Å²) >= 11 is 0. The number of hydrogen-bond donors (Lipinski definition) is 3. The van der Waals surface area contributed by atoms with Gasteiger partial charge in [0.25, 0.3) is 0 Å². The molecule has 0 aliphatic heterocycles. The van der Waals surface area contributed by atoms with Crippen LogP contribution in [0.3, 0.4) is 0 Å². The molecule has 1 atom stereocenters. The predicted molar refractivity (Wildman–Crippen MR) is 85.4 cm³/mol. The van der Waals surface area contributed by atoms with E-state index in [0.29, 0.717) is 18.4 Å².